The molecule has 0 fully saturated rings. The summed E-state index contributed by atoms with van der Waals surface area (Å²) in [6.07, 6.45) is 4.01. The number of aryl methyl sites for hydroxylation is 3. The van der Waals surface area contributed by atoms with E-state index in [9.17, 15) is 4.79 Å². The monoisotopic (exact) mass is 213 g/mol. The molecule has 0 amide bonds. The molecule has 0 unspecified atom stereocenters. The Morgan fingerprint density at radius 2 is 2.19 bits per heavy atom. The largest absolute Gasteiger partial charge is 0.294 e. The molecule has 2 rings (SSSR count). The van der Waals surface area contributed by atoms with E-state index < -0.39 is 0 Å². The van der Waals surface area contributed by atoms with Crippen LogP contribution in [0.4, 0.5) is 0 Å². The first-order valence-electron chi connectivity index (χ1n) is 5.75. The highest BCUT2D eigenvalue weighted by Crippen LogP contribution is 2.27. The number of hydrogen-bond donors (Lipinski definition) is 0. The molecular formula is C14H15NO. The molecule has 1 aliphatic rings. The molecule has 82 valence electrons. The van der Waals surface area contributed by atoms with Crippen molar-refractivity contribution < 1.29 is 4.79 Å². The third-order valence-electron chi connectivity index (χ3n) is 3.13. The van der Waals surface area contributed by atoms with Gasteiger partial charge in [-0.25, -0.2) is 0 Å². The Morgan fingerprint density at radius 1 is 1.38 bits per heavy atom. The average Bonchev–Trinajstić information content (AvgIpc) is 2.61. The van der Waals surface area contributed by atoms with Crippen LogP contribution in [0.15, 0.2) is 12.1 Å². The third kappa shape index (κ3) is 1.99. The van der Waals surface area contributed by atoms with Crippen molar-refractivity contribution in [3.05, 3.63) is 34.4 Å². The summed E-state index contributed by atoms with van der Waals surface area (Å²) in [5, 5.41) is 8.49. The highest BCUT2D eigenvalue weighted by molar-refractivity contribution is 6.01. The molecular weight excluding hydrogens is 198 g/mol. The van der Waals surface area contributed by atoms with Crippen molar-refractivity contribution >= 4 is 5.78 Å². The fourth-order valence-electron chi connectivity index (χ4n) is 2.43. The normalized spacial score (nSPS) is 13.6. The van der Waals surface area contributed by atoms with Gasteiger partial charge in [-0.15, -0.1) is 0 Å². The second kappa shape index (κ2) is 4.49. The van der Waals surface area contributed by atoms with E-state index >= 15 is 0 Å². The molecule has 0 aliphatic heterocycles. The van der Waals surface area contributed by atoms with Crippen LogP contribution in [0.3, 0.4) is 0 Å². The van der Waals surface area contributed by atoms with Crippen molar-refractivity contribution in [3.8, 4) is 6.07 Å². The Morgan fingerprint density at radius 3 is 2.94 bits per heavy atom. The number of Topliss-reactive ketones (excluding diaryl/α,β-unsaturated/α-hetero) is 1. The molecule has 0 bridgehead atoms. The first kappa shape index (κ1) is 10.9. The SMILES string of the molecule is Cc1cc(CCCC#N)cc2c1C(=O)CC2. The Balaban J connectivity index is 2.22. The summed E-state index contributed by atoms with van der Waals surface area (Å²) in [7, 11) is 0. The number of unbranched alkanes of at least 4 members (excludes halogenated alkanes) is 1. The zero-order valence-corrected chi connectivity index (χ0v) is 9.55. The molecule has 0 saturated heterocycles. The van der Waals surface area contributed by atoms with Crippen molar-refractivity contribution in [3.63, 3.8) is 0 Å². The quantitative estimate of drug-likeness (QED) is 0.724. The number of fused-ring (bicyclic) bond motifs is 1. The highest BCUT2D eigenvalue weighted by atomic mass is 16.1. The molecule has 0 saturated carbocycles. The number of hydrogen-bond acceptors (Lipinski definition) is 2. The minimum absolute atomic E-state index is 0.288. The Kier molecular flexibility index (Phi) is 3.05. The lowest BCUT2D eigenvalue weighted by atomic mass is 9.97. The maximum atomic E-state index is 11.6. The molecule has 0 radical (unpaired) electrons. The number of carbonyl (C=O) groups is 1. The summed E-state index contributed by atoms with van der Waals surface area (Å²) >= 11 is 0. The van der Waals surface area contributed by atoms with E-state index in [0.717, 1.165) is 30.4 Å². The summed E-state index contributed by atoms with van der Waals surface area (Å²) in [5.74, 6) is 0.288. The minimum Gasteiger partial charge on any atom is -0.294 e. The van der Waals surface area contributed by atoms with Crippen LogP contribution in [0.25, 0.3) is 0 Å². The molecule has 1 aliphatic carbocycles. The number of nitrogens with zero attached hydrogens (tertiary/aromatic N) is 1. The number of rotatable bonds is 3. The second-order valence-corrected chi connectivity index (χ2v) is 4.38. The van der Waals surface area contributed by atoms with Crippen LogP contribution in [-0.2, 0) is 12.8 Å². The molecule has 0 N–H and O–H groups in total. The van der Waals surface area contributed by atoms with E-state index in [-0.39, 0.29) is 5.78 Å². The van der Waals surface area contributed by atoms with Crippen LogP contribution >= 0.6 is 0 Å². The summed E-state index contributed by atoms with van der Waals surface area (Å²) in [4.78, 5) is 11.6. The number of benzene rings is 1. The van der Waals surface area contributed by atoms with Crippen molar-refractivity contribution in [1.29, 1.82) is 5.26 Å². The van der Waals surface area contributed by atoms with Gasteiger partial charge in [0, 0.05) is 18.4 Å². The van der Waals surface area contributed by atoms with Gasteiger partial charge in [-0.1, -0.05) is 12.1 Å². The van der Waals surface area contributed by atoms with Gasteiger partial charge in [-0.3, -0.25) is 4.79 Å². The molecule has 1 aromatic carbocycles. The topological polar surface area (TPSA) is 40.9 Å². The smallest absolute Gasteiger partial charge is 0.163 e. The average molecular weight is 213 g/mol. The molecule has 0 spiro atoms. The molecule has 2 nitrogen and oxygen atoms in total. The molecule has 0 aromatic heterocycles. The fourth-order valence-corrected chi connectivity index (χ4v) is 2.43. The first-order chi connectivity index (χ1) is 7.72. The van der Waals surface area contributed by atoms with E-state index in [1.807, 2.05) is 6.92 Å². The van der Waals surface area contributed by atoms with Gasteiger partial charge >= 0.3 is 0 Å². The van der Waals surface area contributed by atoms with Gasteiger partial charge in [-0.2, -0.15) is 5.26 Å². The van der Waals surface area contributed by atoms with E-state index in [0.29, 0.717) is 12.8 Å². The summed E-state index contributed by atoms with van der Waals surface area (Å²) in [6.45, 7) is 2.01. The van der Waals surface area contributed by atoms with Gasteiger partial charge in [0.15, 0.2) is 5.78 Å². The van der Waals surface area contributed by atoms with Crippen LogP contribution in [0.5, 0.6) is 0 Å². The maximum Gasteiger partial charge on any atom is 0.163 e. The minimum atomic E-state index is 0.288. The number of ketones is 1. The summed E-state index contributed by atoms with van der Waals surface area (Å²) in [6, 6.07) is 6.40. The second-order valence-electron chi connectivity index (χ2n) is 4.38. The van der Waals surface area contributed by atoms with Crippen LogP contribution in [0.2, 0.25) is 0 Å². The van der Waals surface area contributed by atoms with Gasteiger partial charge in [0.1, 0.15) is 0 Å². The lowest BCUT2D eigenvalue weighted by Crippen LogP contribution is -1.97. The Hall–Kier alpha value is -1.62. The molecule has 16 heavy (non-hydrogen) atoms. The predicted octanol–water partition coefficient (Wildman–Crippen LogP) is 2.97. The van der Waals surface area contributed by atoms with Crippen LogP contribution < -0.4 is 0 Å². The van der Waals surface area contributed by atoms with E-state index in [1.54, 1.807) is 0 Å². The van der Waals surface area contributed by atoms with Crippen LogP contribution in [0, 0.1) is 18.3 Å². The van der Waals surface area contributed by atoms with E-state index in [1.165, 1.54) is 11.1 Å². The zero-order chi connectivity index (χ0) is 11.5. The molecule has 2 heteroatoms. The molecule has 1 aromatic rings. The van der Waals surface area contributed by atoms with Crippen molar-refractivity contribution in [1.82, 2.24) is 0 Å². The zero-order valence-electron chi connectivity index (χ0n) is 9.55. The van der Waals surface area contributed by atoms with Gasteiger partial charge < -0.3 is 0 Å². The Labute approximate surface area is 95.9 Å². The van der Waals surface area contributed by atoms with Crippen molar-refractivity contribution in [2.45, 2.75) is 39.0 Å². The lowest BCUT2D eigenvalue weighted by Gasteiger charge is -2.07. The van der Waals surface area contributed by atoms with Gasteiger partial charge in [0.25, 0.3) is 0 Å². The van der Waals surface area contributed by atoms with E-state index in [2.05, 4.69) is 18.2 Å². The lowest BCUT2D eigenvalue weighted by molar-refractivity contribution is 0.0994. The molecule has 0 heterocycles. The first-order valence-corrected chi connectivity index (χ1v) is 5.75. The van der Waals surface area contributed by atoms with E-state index in [4.69, 9.17) is 5.26 Å². The number of carbonyl (C=O) groups excluding carboxylic acids is 1. The van der Waals surface area contributed by atoms with Crippen molar-refractivity contribution in [2.24, 2.45) is 0 Å². The molecule has 0 atom stereocenters. The predicted molar refractivity (Wildman–Crippen MR) is 62.4 cm³/mol. The highest BCUT2D eigenvalue weighted by Gasteiger charge is 2.21. The van der Waals surface area contributed by atoms with Gasteiger partial charge in [0.05, 0.1) is 6.07 Å². The van der Waals surface area contributed by atoms with Gasteiger partial charge in [-0.05, 0) is 42.9 Å². The Bertz CT molecular complexity index is 468. The number of nitriles is 1. The fraction of sp³-hybridized carbons (Fsp3) is 0.429. The maximum absolute atomic E-state index is 11.6. The van der Waals surface area contributed by atoms with Crippen molar-refractivity contribution in [2.75, 3.05) is 0 Å². The van der Waals surface area contributed by atoms with Crippen LogP contribution in [-0.4, -0.2) is 5.78 Å². The third-order valence-corrected chi connectivity index (χ3v) is 3.13. The van der Waals surface area contributed by atoms with Crippen LogP contribution in [0.1, 0.15) is 46.3 Å². The standard InChI is InChI=1S/C14H15NO/c1-10-8-11(4-2-3-7-15)9-12-5-6-13(16)14(10)12/h8-9H,2-6H2,1H3. The summed E-state index contributed by atoms with van der Waals surface area (Å²) in [5.41, 5.74) is 4.52. The summed E-state index contributed by atoms with van der Waals surface area (Å²) < 4.78 is 0. The van der Waals surface area contributed by atoms with Gasteiger partial charge in [0.2, 0.25) is 0 Å².